The predicted octanol–water partition coefficient (Wildman–Crippen LogP) is 2.55. The first-order chi connectivity index (χ1) is 10.6. The van der Waals surface area contributed by atoms with Crippen molar-refractivity contribution in [3.05, 3.63) is 59.3 Å². The van der Waals surface area contributed by atoms with Gasteiger partial charge in [0.1, 0.15) is 5.82 Å². The van der Waals surface area contributed by atoms with Gasteiger partial charge in [0.25, 0.3) is 5.91 Å². The number of carbonyl (C=O) groups is 1. The van der Waals surface area contributed by atoms with E-state index in [-0.39, 0.29) is 5.91 Å². The van der Waals surface area contributed by atoms with Gasteiger partial charge < -0.3 is 10.3 Å². The van der Waals surface area contributed by atoms with Gasteiger partial charge in [-0.15, -0.1) is 0 Å². The molecule has 1 aromatic carbocycles. The molecule has 3 rings (SSSR count). The van der Waals surface area contributed by atoms with Crippen molar-refractivity contribution in [1.82, 2.24) is 20.3 Å². The highest BCUT2D eigenvalue weighted by Crippen LogP contribution is 2.14. The molecule has 1 amide bonds. The van der Waals surface area contributed by atoms with E-state index in [2.05, 4.69) is 20.3 Å². The molecule has 0 aliphatic heterocycles. The number of aromatic amines is 1. The van der Waals surface area contributed by atoms with Crippen molar-refractivity contribution in [1.29, 1.82) is 0 Å². The zero-order chi connectivity index (χ0) is 15.5. The van der Waals surface area contributed by atoms with Gasteiger partial charge in [-0.2, -0.15) is 0 Å². The van der Waals surface area contributed by atoms with Crippen LogP contribution in [-0.4, -0.2) is 27.4 Å². The molecular weight excluding hydrogens is 276 g/mol. The van der Waals surface area contributed by atoms with Crippen LogP contribution in [0.5, 0.6) is 0 Å². The maximum atomic E-state index is 12.2. The SMILES string of the molecule is Cc1cc(C)nc(CCNC(=O)c2ccc3cc[nH]c3c2)n1. The standard InChI is InChI=1S/C17H18N4O/c1-11-9-12(2)21-16(20-11)6-8-19-17(22)14-4-3-13-5-7-18-15(13)10-14/h3-5,7,9-10,18H,6,8H2,1-2H3,(H,19,22). The van der Waals surface area contributed by atoms with Gasteiger partial charge in [0.15, 0.2) is 0 Å². The third-order valence-electron chi connectivity index (χ3n) is 3.48. The van der Waals surface area contributed by atoms with Crippen LogP contribution in [0.15, 0.2) is 36.5 Å². The molecule has 0 aliphatic carbocycles. The van der Waals surface area contributed by atoms with Gasteiger partial charge in [0.2, 0.25) is 0 Å². The molecule has 2 aromatic heterocycles. The van der Waals surface area contributed by atoms with E-state index in [1.807, 2.05) is 50.4 Å². The lowest BCUT2D eigenvalue weighted by molar-refractivity contribution is 0.0954. The van der Waals surface area contributed by atoms with Crippen LogP contribution in [0.25, 0.3) is 10.9 Å². The number of aryl methyl sites for hydroxylation is 2. The van der Waals surface area contributed by atoms with Gasteiger partial charge in [0.05, 0.1) is 0 Å². The molecular formula is C17H18N4O. The summed E-state index contributed by atoms with van der Waals surface area (Å²) in [5.74, 6) is 0.679. The second kappa shape index (κ2) is 5.97. The van der Waals surface area contributed by atoms with Crippen LogP contribution in [0.4, 0.5) is 0 Å². The number of aromatic nitrogens is 3. The summed E-state index contributed by atoms with van der Waals surface area (Å²) in [7, 11) is 0. The largest absolute Gasteiger partial charge is 0.361 e. The lowest BCUT2D eigenvalue weighted by atomic mass is 10.1. The minimum Gasteiger partial charge on any atom is -0.361 e. The zero-order valence-corrected chi connectivity index (χ0v) is 12.7. The second-order valence-corrected chi connectivity index (χ2v) is 5.35. The van der Waals surface area contributed by atoms with Gasteiger partial charge in [-0.25, -0.2) is 9.97 Å². The maximum absolute atomic E-state index is 12.2. The summed E-state index contributed by atoms with van der Waals surface area (Å²) >= 11 is 0. The molecule has 112 valence electrons. The molecule has 0 saturated carbocycles. The van der Waals surface area contributed by atoms with Gasteiger partial charge in [0, 0.05) is 41.6 Å². The molecule has 5 nitrogen and oxygen atoms in total. The highest BCUT2D eigenvalue weighted by atomic mass is 16.1. The Hall–Kier alpha value is -2.69. The Bertz CT molecular complexity index is 802. The Balaban J connectivity index is 1.62. The molecule has 0 atom stereocenters. The van der Waals surface area contributed by atoms with Crippen LogP contribution in [0.3, 0.4) is 0 Å². The molecule has 0 spiro atoms. The van der Waals surface area contributed by atoms with E-state index in [1.54, 1.807) is 0 Å². The summed E-state index contributed by atoms with van der Waals surface area (Å²) in [6, 6.07) is 9.55. The molecule has 0 radical (unpaired) electrons. The van der Waals surface area contributed by atoms with E-state index >= 15 is 0 Å². The fourth-order valence-corrected chi connectivity index (χ4v) is 2.49. The molecule has 0 bridgehead atoms. The quantitative estimate of drug-likeness (QED) is 0.777. The third kappa shape index (κ3) is 3.14. The summed E-state index contributed by atoms with van der Waals surface area (Å²) in [5.41, 5.74) is 3.51. The number of fused-ring (bicyclic) bond motifs is 1. The number of nitrogens with zero attached hydrogens (tertiary/aromatic N) is 2. The monoisotopic (exact) mass is 294 g/mol. The van der Waals surface area contributed by atoms with E-state index in [4.69, 9.17) is 0 Å². The van der Waals surface area contributed by atoms with Gasteiger partial charge in [-0.1, -0.05) is 6.07 Å². The normalized spacial score (nSPS) is 10.8. The summed E-state index contributed by atoms with van der Waals surface area (Å²) in [5, 5.41) is 4.01. The molecule has 22 heavy (non-hydrogen) atoms. The van der Waals surface area contributed by atoms with Crippen LogP contribution in [-0.2, 0) is 6.42 Å². The van der Waals surface area contributed by atoms with E-state index in [1.165, 1.54) is 0 Å². The summed E-state index contributed by atoms with van der Waals surface area (Å²) in [6.45, 7) is 4.41. The Morgan fingerprint density at radius 2 is 1.91 bits per heavy atom. The lowest BCUT2D eigenvalue weighted by Gasteiger charge is -2.06. The fourth-order valence-electron chi connectivity index (χ4n) is 2.49. The number of hydrogen-bond acceptors (Lipinski definition) is 3. The van der Waals surface area contributed by atoms with Gasteiger partial charge in [-0.05, 0) is 43.5 Å². The molecule has 3 aromatic rings. The highest BCUT2D eigenvalue weighted by Gasteiger charge is 2.07. The number of H-pyrrole nitrogens is 1. The zero-order valence-electron chi connectivity index (χ0n) is 12.7. The Kier molecular flexibility index (Phi) is 3.87. The van der Waals surface area contributed by atoms with E-state index in [9.17, 15) is 4.79 Å². The average Bonchev–Trinajstić information content (AvgIpc) is 2.93. The lowest BCUT2D eigenvalue weighted by Crippen LogP contribution is -2.26. The molecule has 2 N–H and O–H groups in total. The molecule has 0 unspecified atom stereocenters. The first kappa shape index (κ1) is 14.3. The molecule has 0 aliphatic rings. The van der Waals surface area contributed by atoms with Crippen LogP contribution in [0.1, 0.15) is 27.6 Å². The van der Waals surface area contributed by atoms with Crippen LogP contribution in [0.2, 0.25) is 0 Å². The Morgan fingerprint density at radius 3 is 2.68 bits per heavy atom. The third-order valence-corrected chi connectivity index (χ3v) is 3.48. The van der Waals surface area contributed by atoms with E-state index < -0.39 is 0 Å². The molecule has 0 saturated heterocycles. The maximum Gasteiger partial charge on any atom is 0.251 e. The summed E-state index contributed by atoms with van der Waals surface area (Å²) in [4.78, 5) is 24.0. The van der Waals surface area contributed by atoms with Crippen LogP contribution >= 0.6 is 0 Å². The van der Waals surface area contributed by atoms with Crippen LogP contribution in [0, 0.1) is 13.8 Å². The van der Waals surface area contributed by atoms with Crippen molar-refractivity contribution in [3.63, 3.8) is 0 Å². The first-order valence-electron chi connectivity index (χ1n) is 7.28. The number of rotatable bonds is 4. The number of amides is 1. The van der Waals surface area contributed by atoms with Crippen molar-refractivity contribution in [3.8, 4) is 0 Å². The summed E-state index contributed by atoms with van der Waals surface area (Å²) in [6.07, 6.45) is 2.49. The first-order valence-corrected chi connectivity index (χ1v) is 7.28. The van der Waals surface area contributed by atoms with E-state index in [0.29, 0.717) is 18.5 Å². The summed E-state index contributed by atoms with van der Waals surface area (Å²) < 4.78 is 0. The fraction of sp³-hybridized carbons (Fsp3) is 0.235. The van der Waals surface area contributed by atoms with Crippen molar-refractivity contribution >= 4 is 16.8 Å². The van der Waals surface area contributed by atoms with Gasteiger partial charge in [-0.3, -0.25) is 4.79 Å². The average molecular weight is 294 g/mol. The van der Waals surface area contributed by atoms with Crippen molar-refractivity contribution in [2.75, 3.05) is 6.54 Å². The molecule has 2 heterocycles. The number of carbonyl (C=O) groups excluding carboxylic acids is 1. The van der Waals surface area contributed by atoms with Crippen molar-refractivity contribution in [2.45, 2.75) is 20.3 Å². The Labute approximate surface area is 128 Å². The smallest absolute Gasteiger partial charge is 0.251 e. The van der Waals surface area contributed by atoms with Crippen LogP contribution < -0.4 is 5.32 Å². The second-order valence-electron chi connectivity index (χ2n) is 5.35. The minimum absolute atomic E-state index is 0.0825. The molecule has 0 fully saturated rings. The van der Waals surface area contributed by atoms with Gasteiger partial charge >= 0.3 is 0 Å². The van der Waals surface area contributed by atoms with Crippen molar-refractivity contribution in [2.24, 2.45) is 0 Å². The predicted molar refractivity (Wildman–Crippen MR) is 85.8 cm³/mol. The number of hydrogen-bond donors (Lipinski definition) is 2. The Morgan fingerprint density at radius 1 is 1.14 bits per heavy atom. The minimum atomic E-state index is -0.0825. The number of nitrogens with one attached hydrogen (secondary N) is 2. The highest BCUT2D eigenvalue weighted by molar-refractivity contribution is 5.97. The topological polar surface area (TPSA) is 70.7 Å². The van der Waals surface area contributed by atoms with E-state index in [0.717, 1.165) is 28.1 Å². The number of benzene rings is 1. The molecule has 5 heteroatoms. The van der Waals surface area contributed by atoms with Crippen molar-refractivity contribution < 1.29 is 4.79 Å².